The zero-order chi connectivity index (χ0) is 21.3. The lowest BCUT2D eigenvalue weighted by Gasteiger charge is -2.15. The number of hydrogen-bond acceptors (Lipinski definition) is 4. The third-order valence-electron chi connectivity index (χ3n) is 5.67. The van der Waals surface area contributed by atoms with E-state index in [0.717, 1.165) is 39.3 Å². The van der Waals surface area contributed by atoms with E-state index in [0.29, 0.717) is 12.8 Å². The number of aryl methyl sites for hydroxylation is 2. The van der Waals surface area contributed by atoms with Gasteiger partial charge in [0.1, 0.15) is 5.76 Å². The van der Waals surface area contributed by atoms with E-state index in [9.17, 15) is 4.79 Å². The highest BCUT2D eigenvalue weighted by Gasteiger charge is 2.18. The number of aromatic nitrogens is 3. The summed E-state index contributed by atoms with van der Waals surface area (Å²) in [6, 6.07) is 14.3. The van der Waals surface area contributed by atoms with E-state index in [2.05, 4.69) is 39.8 Å². The van der Waals surface area contributed by atoms with Crippen LogP contribution in [0.4, 0.5) is 0 Å². The minimum Gasteiger partial charge on any atom is -0.361 e. The van der Waals surface area contributed by atoms with Gasteiger partial charge in [-0.05, 0) is 45.6 Å². The lowest BCUT2D eigenvalue weighted by Crippen LogP contribution is -2.27. The third-order valence-corrected chi connectivity index (χ3v) is 5.67. The molecule has 6 nitrogen and oxygen atoms in total. The van der Waals surface area contributed by atoms with Crippen molar-refractivity contribution in [2.24, 2.45) is 0 Å². The minimum absolute atomic E-state index is 0.000175. The standard InChI is InChI=1S/C24H26N4O2/c1-15(26-24(29)13-12-20-16(2)27-30-18(20)4)22-14-25-28(17(22)3)23-11-7-9-19-8-5-6-10-21(19)23/h5-11,14-15H,12-13H2,1-4H3,(H,26,29)/t15-/m1/s1. The molecule has 4 rings (SSSR count). The van der Waals surface area contributed by atoms with E-state index in [1.807, 2.05) is 56.8 Å². The maximum Gasteiger partial charge on any atom is 0.220 e. The van der Waals surface area contributed by atoms with Gasteiger partial charge < -0.3 is 9.84 Å². The van der Waals surface area contributed by atoms with E-state index < -0.39 is 0 Å². The summed E-state index contributed by atoms with van der Waals surface area (Å²) >= 11 is 0. The number of carbonyl (C=O) groups excluding carboxylic acids is 1. The maximum absolute atomic E-state index is 12.5. The summed E-state index contributed by atoms with van der Waals surface area (Å²) in [7, 11) is 0. The number of nitrogens with one attached hydrogen (secondary N) is 1. The van der Waals surface area contributed by atoms with E-state index >= 15 is 0 Å². The first kappa shape index (κ1) is 19.9. The largest absolute Gasteiger partial charge is 0.361 e. The van der Waals surface area contributed by atoms with Gasteiger partial charge in [-0.3, -0.25) is 4.79 Å². The van der Waals surface area contributed by atoms with Gasteiger partial charge in [0, 0.05) is 28.6 Å². The number of benzene rings is 2. The molecule has 0 saturated heterocycles. The molecule has 0 radical (unpaired) electrons. The van der Waals surface area contributed by atoms with Crippen LogP contribution >= 0.6 is 0 Å². The maximum atomic E-state index is 12.5. The van der Waals surface area contributed by atoms with Crippen LogP contribution in [0.2, 0.25) is 0 Å². The van der Waals surface area contributed by atoms with Crippen LogP contribution in [-0.4, -0.2) is 20.8 Å². The van der Waals surface area contributed by atoms with Crippen LogP contribution in [0, 0.1) is 20.8 Å². The molecule has 4 aromatic rings. The summed E-state index contributed by atoms with van der Waals surface area (Å²) in [6.07, 6.45) is 2.86. The van der Waals surface area contributed by atoms with Gasteiger partial charge in [0.15, 0.2) is 0 Å². The number of hydrogen-bond donors (Lipinski definition) is 1. The first-order valence-electron chi connectivity index (χ1n) is 10.2. The van der Waals surface area contributed by atoms with Gasteiger partial charge in [-0.25, -0.2) is 4.68 Å². The Bertz CT molecular complexity index is 1180. The molecule has 0 saturated carbocycles. The average molecular weight is 402 g/mol. The van der Waals surface area contributed by atoms with Crippen LogP contribution in [-0.2, 0) is 11.2 Å². The first-order valence-corrected chi connectivity index (χ1v) is 10.2. The molecule has 0 fully saturated rings. The normalized spacial score (nSPS) is 12.3. The van der Waals surface area contributed by atoms with Gasteiger partial charge in [-0.2, -0.15) is 5.10 Å². The van der Waals surface area contributed by atoms with Crippen molar-refractivity contribution in [3.8, 4) is 5.69 Å². The lowest BCUT2D eigenvalue weighted by molar-refractivity contribution is -0.121. The Morgan fingerprint density at radius 3 is 2.67 bits per heavy atom. The highest BCUT2D eigenvalue weighted by Crippen LogP contribution is 2.26. The van der Waals surface area contributed by atoms with Gasteiger partial charge in [0.05, 0.1) is 23.6 Å². The molecule has 0 bridgehead atoms. The first-order chi connectivity index (χ1) is 14.5. The molecule has 1 amide bonds. The molecule has 154 valence electrons. The SMILES string of the molecule is Cc1noc(C)c1CCC(=O)N[C@H](C)c1cnn(-c2cccc3ccccc23)c1C. The number of rotatable bonds is 6. The summed E-state index contributed by atoms with van der Waals surface area (Å²) in [5, 5.41) is 14.0. The molecular weight excluding hydrogens is 376 g/mol. The van der Waals surface area contributed by atoms with Crippen LogP contribution < -0.4 is 5.32 Å². The quantitative estimate of drug-likeness (QED) is 0.505. The summed E-state index contributed by atoms with van der Waals surface area (Å²) in [5.74, 6) is 0.778. The Labute approximate surface area is 175 Å². The van der Waals surface area contributed by atoms with E-state index in [1.165, 1.54) is 5.39 Å². The van der Waals surface area contributed by atoms with Crippen molar-refractivity contribution >= 4 is 16.7 Å². The van der Waals surface area contributed by atoms with Crippen LogP contribution in [0.1, 0.15) is 47.7 Å². The molecule has 1 N–H and O–H groups in total. The fraction of sp³-hybridized carbons (Fsp3) is 0.292. The predicted molar refractivity (Wildman–Crippen MR) is 117 cm³/mol. The molecular formula is C24H26N4O2. The molecule has 30 heavy (non-hydrogen) atoms. The van der Waals surface area contributed by atoms with Crippen LogP contribution in [0.3, 0.4) is 0 Å². The Morgan fingerprint density at radius 1 is 1.13 bits per heavy atom. The number of fused-ring (bicyclic) bond motifs is 1. The van der Waals surface area contributed by atoms with Crippen molar-refractivity contribution in [2.75, 3.05) is 0 Å². The zero-order valence-corrected chi connectivity index (χ0v) is 17.8. The molecule has 2 aromatic heterocycles. The molecule has 0 aliphatic heterocycles. The number of nitrogens with zero attached hydrogens (tertiary/aromatic N) is 3. The monoisotopic (exact) mass is 402 g/mol. The second kappa shape index (κ2) is 8.14. The summed E-state index contributed by atoms with van der Waals surface area (Å²) in [5.41, 5.74) is 4.92. The fourth-order valence-corrected chi connectivity index (χ4v) is 3.97. The van der Waals surface area contributed by atoms with Gasteiger partial charge in [0.25, 0.3) is 0 Å². The average Bonchev–Trinajstić information content (AvgIpc) is 3.27. The van der Waals surface area contributed by atoms with Gasteiger partial charge in [-0.15, -0.1) is 0 Å². The zero-order valence-electron chi connectivity index (χ0n) is 17.8. The lowest BCUT2D eigenvalue weighted by atomic mass is 10.1. The van der Waals surface area contributed by atoms with E-state index in [-0.39, 0.29) is 11.9 Å². The van der Waals surface area contributed by atoms with Crippen LogP contribution in [0.15, 0.2) is 53.2 Å². The van der Waals surface area contributed by atoms with E-state index in [1.54, 1.807) is 0 Å². The topological polar surface area (TPSA) is 73.0 Å². The van der Waals surface area contributed by atoms with Gasteiger partial charge >= 0.3 is 0 Å². The molecule has 2 aromatic carbocycles. The Hall–Kier alpha value is -3.41. The second-order valence-electron chi connectivity index (χ2n) is 7.69. The van der Waals surface area contributed by atoms with Gasteiger partial charge in [-0.1, -0.05) is 41.6 Å². The molecule has 1 atom stereocenters. The Morgan fingerprint density at radius 2 is 1.90 bits per heavy atom. The van der Waals surface area contributed by atoms with Crippen molar-refractivity contribution in [3.05, 3.63) is 76.9 Å². The molecule has 0 aliphatic carbocycles. The summed E-state index contributed by atoms with van der Waals surface area (Å²) in [6.45, 7) is 7.81. The second-order valence-corrected chi connectivity index (χ2v) is 7.69. The summed E-state index contributed by atoms with van der Waals surface area (Å²) < 4.78 is 7.12. The molecule has 0 aliphatic rings. The van der Waals surface area contributed by atoms with Crippen molar-refractivity contribution in [1.82, 2.24) is 20.3 Å². The Kier molecular flexibility index (Phi) is 5.40. The summed E-state index contributed by atoms with van der Waals surface area (Å²) in [4.78, 5) is 12.5. The molecule has 0 spiro atoms. The van der Waals surface area contributed by atoms with E-state index in [4.69, 9.17) is 4.52 Å². The van der Waals surface area contributed by atoms with Crippen molar-refractivity contribution in [1.29, 1.82) is 0 Å². The highest BCUT2D eigenvalue weighted by atomic mass is 16.5. The predicted octanol–water partition coefficient (Wildman–Crippen LogP) is 4.75. The molecule has 6 heteroatoms. The molecule has 2 heterocycles. The Balaban J connectivity index is 1.50. The molecule has 0 unspecified atom stereocenters. The third kappa shape index (κ3) is 3.73. The van der Waals surface area contributed by atoms with Crippen LogP contribution in [0.5, 0.6) is 0 Å². The minimum atomic E-state index is -0.133. The number of carbonyl (C=O) groups is 1. The number of amides is 1. The van der Waals surface area contributed by atoms with Crippen molar-refractivity contribution in [2.45, 2.75) is 46.6 Å². The van der Waals surface area contributed by atoms with Crippen LogP contribution in [0.25, 0.3) is 16.5 Å². The van der Waals surface area contributed by atoms with Gasteiger partial charge in [0.2, 0.25) is 5.91 Å². The smallest absolute Gasteiger partial charge is 0.220 e. The fourth-order valence-electron chi connectivity index (χ4n) is 3.97. The highest BCUT2D eigenvalue weighted by molar-refractivity contribution is 5.90. The van der Waals surface area contributed by atoms with Crippen molar-refractivity contribution in [3.63, 3.8) is 0 Å². The van der Waals surface area contributed by atoms with Crippen molar-refractivity contribution < 1.29 is 9.32 Å².